The van der Waals surface area contributed by atoms with Crippen LogP contribution >= 0.6 is 0 Å². The zero-order valence-corrected chi connectivity index (χ0v) is 17.9. The van der Waals surface area contributed by atoms with Gasteiger partial charge in [0.15, 0.2) is 0 Å². The molecule has 2 atom stereocenters. The summed E-state index contributed by atoms with van der Waals surface area (Å²) in [7, 11) is 1.55. The van der Waals surface area contributed by atoms with E-state index in [1.54, 1.807) is 31.4 Å². The molecule has 3 amide bonds. The molecule has 1 fully saturated rings. The first-order chi connectivity index (χ1) is 13.9. The van der Waals surface area contributed by atoms with Crippen LogP contribution in [0.5, 0.6) is 5.75 Å². The maximum absolute atomic E-state index is 12.9. The molecule has 7 heteroatoms. The van der Waals surface area contributed by atoms with Crippen molar-refractivity contribution < 1.29 is 19.1 Å². The van der Waals surface area contributed by atoms with Crippen molar-refractivity contribution in [3.63, 3.8) is 0 Å². The Morgan fingerprint density at radius 2 is 1.86 bits per heavy atom. The quantitative estimate of drug-likeness (QED) is 0.698. The van der Waals surface area contributed by atoms with Crippen LogP contribution in [0.4, 0.5) is 0 Å². The highest BCUT2D eigenvalue weighted by Crippen LogP contribution is 2.22. The molecule has 1 saturated heterocycles. The molecule has 1 aliphatic rings. The molecule has 0 unspecified atom stereocenters. The van der Waals surface area contributed by atoms with Crippen LogP contribution in [0.25, 0.3) is 0 Å². The second-order valence-corrected chi connectivity index (χ2v) is 7.57. The van der Waals surface area contributed by atoms with E-state index < -0.39 is 6.04 Å². The number of hydrogen-bond donors (Lipinski definition) is 2. The summed E-state index contributed by atoms with van der Waals surface area (Å²) in [6.45, 7) is 7.02. The maximum Gasteiger partial charge on any atom is 0.252 e. The number of hydrogen-bond acceptors (Lipinski definition) is 4. The summed E-state index contributed by atoms with van der Waals surface area (Å²) in [5, 5.41) is 5.92. The number of likely N-dealkylation sites (tertiary alicyclic amines) is 1. The number of methoxy groups -OCH3 is 1. The third kappa shape index (κ3) is 6.21. The molecule has 0 aromatic heterocycles. The van der Waals surface area contributed by atoms with Crippen LogP contribution in [0, 0.1) is 5.92 Å². The summed E-state index contributed by atoms with van der Waals surface area (Å²) in [5.41, 5.74) is 0.448. The fraction of sp³-hybridized carbons (Fsp3) is 0.591. The van der Waals surface area contributed by atoms with E-state index in [2.05, 4.69) is 10.6 Å². The molecule has 0 spiro atoms. The molecule has 0 aliphatic carbocycles. The minimum Gasteiger partial charge on any atom is -0.497 e. The Morgan fingerprint density at radius 3 is 2.45 bits per heavy atom. The van der Waals surface area contributed by atoms with E-state index in [0.717, 1.165) is 6.42 Å². The van der Waals surface area contributed by atoms with Crippen molar-refractivity contribution in [2.24, 2.45) is 5.92 Å². The largest absolute Gasteiger partial charge is 0.497 e. The Kier molecular flexibility index (Phi) is 8.49. The zero-order valence-electron chi connectivity index (χ0n) is 17.9. The number of carbonyl (C=O) groups excluding carboxylic acids is 3. The average molecular weight is 404 g/mol. The molecule has 29 heavy (non-hydrogen) atoms. The average Bonchev–Trinajstić information content (AvgIpc) is 2.76. The molecule has 0 bridgehead atoms. The smallest absolute Gasteiger partial charge is 0.252 e. The van der Waals surface area contributed by atoms with Crippen molar-refractivity contribution in [2.45, 2.75) is 58.5 Å². The molecule has 1 heterocycles. The Labute approximate surface area is 173 Å². The van der Waals surface area contributed by atoms with Gasteiger partial charge in [-0.25, -0.2) is 0 Å². The van der Waals surface area contributed by atoms with Gasteiger partial charge < -0.3 is 20.3 Å². The lowest BCUT2D eigenvalue weighted by atomic mass is 9.88. The van der Waals surface area contributed by atoms with Gasteiger partial charge in [0.25, 0.3) is 5.91 Å². The number of carbonyl (C=O) groups is 3. The molecule has 160 valence electrons. The molecule has 0 radical (unpaired) electrons. The Bertz CT molecular complexity index is 714. The van der Waals surface area contributed by atoms with E-state index in [1.165, 1.54) is 0 Å². The Balaban J connectivity index is 2.13. The van der Waals surface area contributed by atoms with Crippen molar-refractivity contribution in [1.29, 1.82) is 0 Å². The van der Waals surface area contributed by atoms with Crippen molar-refractivity contribution in [3.05, 3.63) is 29.8 Å². The molecule has 2 rings (SSSR count). The van der Waals surface area contributed by atoms with Crippen LogP contribution in [0.15, 0.2) is 24.3 Å². The van der Waals surface area contributed by atoms with Gasteiger partial charge in [-0.2, -0.15) is 0 Å². The van der Waals surface area contributed by atoms with Gasteiger partial charge in [-0.1, -0.05) is 19.9 Å². The van der Waals surface area contributed by atoms with Gasteiger partial charge in [0.2, 0.25) is 11.8 Å². The minimum atomic E-state index is -0.637. The fourth-order valence-corrected chi connectivity index (χ4v) is 3.53. The van der Waals surface area contributed by atoms with E-state index in [9.17, 15) is 14.4 Å². The minimum absolute atomic E-state index is 0.0190. The van der Waals surface area contributed by atoms with Crippen molar-refractivity contribution in [1.82, 2.24) is 15.5 Å². The van der Waals surface area contributed by atoms with Crippen molar-refractivity contribution in [3.8, 4) is 5.75 Å². The van der Waals surface area contributed by atoms with E-state index in [-0.39, 0.29) is 29.7 Å². The molecule has 7 nitrogen and oxygen atoms in total. The third-order valence-electron chi connectivity index (χ3n) is 5.57. The number of ether oxygens (including phenoxy) is 1. The summed E-state index contributed by atoms with van der Waals surface area (Å²) in [6, 6.07) is 6.26. The first-order valence-corrected chi connectivity index (χ1v) is 10.4. The van der Waals surface area contributed by atoms with Crippen LogP contribution in [-0.4, -0.2) is 54.9 Å². The normalized spacial score (nSPS) is 16.6. The summed E-state index contributed by atoms with van der Waals surface area (Å²) in [5.74, 6) is 0.222. The zero-order chi connectivity index (χ0) is 21.4. The van der Waals surface area contributed by atoms with E-state index in [4.69, 9.17) is 4.74 Å². The number of piperidine rings is 1. The van der Waals surface area contributed by atoms with Crippen LogP contribution < -0.4 is 15.4 Å². The van der Waals surface area contributed by atoms with Crippen LogP contribution in [0.2, 0.25) is 0 Å². The Morgan fingerprint density at radius 1 is 1.17 bits per heavy atom. The lowest BCUT2D eigenvalue weighted by molar-refractivity contribution is -0.132. The number of rotatable bonds is 8. The predicted molar refractivity (Wildman–Crippen MR) is 112 cm³/mol. The van der Waals surface area contributed by atoms with Gasteiger partial charge in [-0.15, -0.1) is 0 Å². The monoisotopic (exact) mass is 403 g/mol. The lowest BCUT2D eigenvalue weighted by Crippen LogP contribution is -2.55. The van der Waals surface area contributed by atoms with E-state index >= 15 is 0 Å². The summed E-state index contributed by atoms with van der Waals surface area (Å²) in [6.07, 6.45) is 2.66. The first kappa shape index (κ1) is 22.7. The SMILES string of the molecule is CCC(=O)N1CCC([C@H](NC(=O)c2cccc(OC)c2)C(=O)N[C@@H](C)CC)CC1. The van der Waals surface area contributed by atoms with Crippen molar-refractivity contribution in [2.75, 3.05) is 20.2 Å². The van der Waals surface area contributed by atoms with Crippen molar-refractivity contribution >= 4 is 17.7 Å². The van der Waals surface area contributed by atoms with Gasteiger partial charge >= 0.3 is 0 Å². The number of benzene rings is 1. The number of nitrogens with one attached hydrogen (secondary N) is 2. The summed E-state index contributed by atoms with van der Waals surface area (Å²) < 4.78 is 5.19. The second-order valence-electron chi connectivity index (χ2n) is 7.57. The highest BCUT2D eigenvalue weighted by molar-refractivity contribution is 5.98. The second kappa shape index (κ2) is 10.8. The van der Waals surface area contributed by atoms with Crippen LogP contribution in [-0.2, 0) is 9.59 Å². The van der Waals surface area contributed by atoms with Gasteiger partial charge in [-0.3, -0.25) is 14.4 Å². The van der Waals surface area contributed by atoms with Gasteiger partial charge in [-0.05, 0) is 50.3 Å². The number of amides is 3. The van der Waals surface area contributed by atoms with Crippen LogP contribution in [0.1, 0.15) is 56.8 Å². The van der Waals surface area contributed by atoms with E-state index in [0.29, 0.717) is 43.7 Å². The van der Waals surface area contributed by atoms with Gasteiger partial charge in [0.05, 0.1) is 7.11 Å². The number of nitrogens with zero attached hydrogens (tertiary/aromatic N) is 1. The molecular weight excluding hydrogens is 370 g/mol. The molecule has 2 N–H and O–H groups in total. The highest BCUT2D eigenvalue weighted by Gasteiger charge is 2.34. The summed E-state index contributed by atoms with van der Waals surface area (Å²) >= 11 is 0. The summed E-state index contributed by atoms with van der Waals surface area (Å²) in [4.78, 5) is 39.6. The third-order valence-corrected chi connectivity index (χ3v) is 5.57. The topological polar surface area (TPSA) is 87.7 Å². The Hall–Kier alpha value is -2.57. The molecule has 0 saturated carbocycles. The predicted octanol–water partition coefficient (Wildman–Crippen LogP) is 2.36. The van der Waals surface area contributed by atoms with Gasteiger partial charge in [0, 0.05) is 31.1 Å². The first-order valence-electron chi connectivity index (χ1n) is 10.4. The fourth-order valence-electron chi connectivity index (χ4n) is 3.53. The molecule has 1 aromatic carbocycles. The molecule has 1 aromatic rings. The maximum atomic E-state index is 12.9. The standard InChI is InChI=1S/C22H33N3O4/c1-5-15(3)23-22(28)20(16-10-12-25(13-11-16)19(26)6-2)24-21(27)17-8-7-9-18(14-17)29-4/h7-9,14-16,20H,5-6,10-13H2,1-4H3,(H,23,28)(H,24,27)/t15-,20-/m0/s1. The van der Waals surface area contributed by atoms with Gasteiger partial charge in [0.1, 0.15) is 11.8 Å². The van der Waals surface area contributed by atoms with E-state index in [1.807, 2.05) is 25.7 Å². The molecule has 1 aliphatic heterocycles. The highest BCUT2D eigenvalue weighted by atomic mass is 16.5. The lowest BCUT2D eigenvalue weighted by Gasteiger charge is -2.36. The molecular formula is C22H33N3O4. The van der Waals surface area contributed by atoms with Crippen LogP contribution in [0.3, 0.4) is 0 Å².